The van der Waals surface area contributed by atoms with E-state index < -0.39 is 11.7 Å². The van der Waals surface area contributed by atoms with E-state index in [-0.39, 0.29) is 5.02 Å². The van der Waals surface area contributed by atoms with Gasteiger partial charge in [0.2, 0.25) is 0 Å². The molecule has 0 unspecified atom stereocenters. The van der Waals surface area contributed by atoms with Crippen LogP contribution in [0.2, 0.25) is 5.02 Å². The van der Waals surface area contributed by atoms with E-state index in [0.717, 1.165) is 38.1 Å². The van der Waals surface area contributed by atoms with Gasteiger partial charge >= 0.3 is 6.18 Å². The van der Waals surface area contributed by atoms with Crippen LogP contribution in [0.1, 0.15) is 18.4 Å². The van der Waals surface area contributed by atoms with Crippen LogP contribution >= 0.6 is 11.6 Å². The minimum atomic E-state index is -4.33. The summed E-state index contributed by atoms with van der Waals surface area (Å²) in [6, 6.07) is 3.53. The summed E-state index contributed by atoms with van der Waals surface area (Å²) in [6.45, 7) is 1.73. The summed E-state index contributed by atoms with van der Waals surface area (Å²) >= 11 is 5.87. The van der Waals surface area contributed by atoms with Crippen molar-refractivity contribution in [1.82, 2.24) is 0 Å². The Morgan fingerprint density at radius 3 is 2.25 bits per heavy atom. The Bertz CT molecular complexity index is 383. The van der Waals surface area contributed by atoms with Crippen molar-refractivity contribution in [3.05, 3.63) is 28.8 Å². The zero-order valence-electron chi connectivity index (χ0n) is 8.52. The van der Waals surface area contributed by atoms with Gasteiger partial charge in [0.25, 0.3) is 0 Å². The van der Waals surface area contributed by atoms with E-state index in [4.69, 9.17) is 11.6 Å². The van der Waals surface area contributed by atoms with E-state index in [1.807, 2.05) is 4.90 Å². The minimum absolute atomic E-state index is 0.178. The standard InChI is InChI=1S/C11H11ClF3N/c12-9-7-8(11(13,14)15)3-4-10(9)16-5-1-2-6-16/h3-4,7H,1-2,5-6H2. The monoisotopic (exact) mass is 249 g/mol. The van der Waals surface area contributed by atoms with Gasteiger partial charge in [0.1, 0.15) is 0 Å². The fourth-order valence-corrected chi connectivity index (χ4v) is 2.20. The number of nitrogens with zero attached hydrogens (tertiary/aromatic N) is 1. The third-order valence-electron chi connectivity index (χ3n) is 2.72. The van der Waals surface area contributed by atoms with Crippen LogP contribution in [0.5, 0.6) is 0 Å². The van der Waals surface area contributed by atoms with Gasteiger partial charge in [-0.25, -0.2) is 0 Å². The van der Waals surface area contributed by atoms with Crippen molar-refractivity contribution < 1.29 is 13.2 Å². The number of anilines is 1. The quantitative estimate of drug-likeness (QED) is 0.728. The Hall–Kier alpha value is -0.900. The average molecular weight is 250 g/mol. The first-order chi connectivity index (χ1) is 7.48. The molecule has 0 aromatic heterocycles. The number of halogens is 4. The van der Waals surface area contributed by atoms with Crippen LogP contribution in [-0.2, 0) is 6.18 Å². The van der Waals surface area contributed by atoms with Gasteiger partial charge in [-0.05, 0) is 31.0 Å². The lowest BCUT2D eigenvalue weighted by molar-refractivity contribution is -0.137. The maximum Gasteiger partial charge on any atom is 0.416 e. The summed E-state index contributed by atoms with van der Waals surface area (Å²) in [4.78, 5) is 2.02. The number of hydrogen-bond acceptors (Lipinski definition) is 1. The Morgan fingerprint density at radius 1 is 1.12 bits per heavy atom. The second-order valence-corrected chi connectivity index (χ2v) is 4.27. The summed E-state index contributed by atoms with van der Waals surface area (Å²) in [5, 5.41) is 0.178. The number of alkyl halides is 3. The van der Waals surface area contributed by atoms with E-state index >= 15 is 0 Å². The van der Waals surface area contributed by atoms with Crippen molar-refractivity contribution >= 4 is 17.3 Å². The lowest BCUT2D eigenvalue weighted by atomic mass is 10.2. The molecule has 1 aromatic rings. The molecule has 1 aliphatic rings. The third-order valence-corrected chi connectivity index (χ3v) is 3.02. The molecule has 1 nitrogen and oxygen atoms in total. The van der Waals surface area contributed by atoms with Crippen LogP contribution < -0.4 is 4.90 Å². The van der Waals surface area contributed by atoms with Gasteiger partial charge in [0.15, 0.2) is 0 Å². The predicted octanol–water partition coefficient (Wildman–Crippen LogP) is 3.96. The van der Waals surface area contributed by atoms with E-state index in [0.29, 0.717) is 5.69 Å². The average Bonchev–Trinajstić information content (AvgIpc) is 2.69. The lowest BCUT2D eigenvalue weighted by Crippen LogP contribution is -2.18. The van der Waals surface area contributed by atoms with E-state index in [1.54, 1.807) is 0 Å². The van der Waals surface area contributed by atoms with E-state index in [2.05, 4.69) is 0 Å². The highest BCUT2D eigenvalue weighted by Gasteiger charge is 2.31. The molecule has 16 heavy (non-hydrogen) atoms. The second kappa shape index (κ2) is 4.17. The number of hydrogen-bond donors (Lipinski definition) is 0. The van der Waals surface area contributed by atoms with Crippen LogP contribution in [0, 0.1) is 0 Å². The Kier molecular flexibility index (Phi) is 3.02. The van der Waals surface area contributed by atoms with Crippen molar-refractivity contribution in [2.75, 3.05) is 18.0 Å². The van der Waals surface area contributed by atoms with Gasteiger partial charge < -0.3 is 4.90 Å². The molecular formula is C11H11ClF3N. The van der Waals surface area contributed by atoms with Gasteiger partial charge in [0.05, 0.1) is 16.3 Å². The fourth-order valence-electron chi connectivity index (χ4n) is 1.90. The molecule has 0 bridgehead atoms. The largest absolute Gasteiger partial charge is 0.416 e. The highest BCUT2D eigenvalue weighted by molar-refractivity contribution is 6.33. The molecule has 1 fully saturated rings. The minimum Gasteiger partial charge on any atom is -0.370 e. The van der Waals surface area contributed by atoms with E-state index in [1.165, 1.54) is 6.07 Å². The van der Waals surface area contributed by atoms with Crippen molar-refractivity contribution in [2.45, 2.75) is 19.0 Å². The molecule has 0 aliphatic carbocycles. The van der Waals surface area contributed by atoms with Crippen LogP contribution in [-0.4, -0.2) is 13.1 Å². The molecule has 0 atom stereocenters. The molecule has 0 amide bonds. The first-order valence-corrected chi connectivity index (χ1v) is 5.48. The molecule has 0 spiro atoms. The molecule has 5 heteroatoms. The van der Waals surface area contributed by atoms with Gasteiger partial charge in [-0.2, -0.15) is 13.2 Å². The normalized spacial score (nSPS) is 16.9. The lowest BCUT2D eigenvalue weighted by Gasteiger charge is -2.20. The van der Waals surface area contributed by atoms with Gasteiger partial charge in [-0.1, -0.05) is 11.6 Å². The molecule has 1 saturated heterocycles. The topological polar surface area (TPSA) is 3.24 Å². The van der Waals surface area contributed by atoms with Crippen LogP contribution in [0.25, 0.3) is 0 Å². The summed E-state index contributed by atoms with van der Waals surface area (Å²) in [5.74, 6) is 0. The molecular weight excluding hydrogens is 239 g/mol. The Labute approximate surface area is 96.8 Å². The Morgan fingerprint density at radius 2 is 1.75 bits per heavy atom. The maximum absolute atomic E-state index is 12.4. The van der Waals surface area contributed by atoms with Gasteiger partial charge in [-0.3, -0.25) is 0 Å². The molecule has 1 aliphatic heterocycles. The SMILES string of the molecule is FC(F)(F)c1ccc(N2CCCC2)c(Cl)c1. The van der Waals surface area contributed by atoms with E-state index in [9.17, 15) is 13.2 Å². The molecule has 88 valence electrons. The smallest absolute Gasteiger partial charge is 0.370 e. The van der Waals surface area contributed by atoms with Crippen LogP contribution in [0.3, 0.4) is 0 Å². The van der Waals surface area contributed by atoms with Crippen molar-refractivity contribution in [3.63, 3.8) is 0 Å². The summed E-state index contributed by atoms with van der Waals surface area (Å²) in [6.07, 6.45) is -2.19. The molecule has 0 N–H and O–H groups in total. The van der Waals surface area contributed by atoms with Crippen LogP contribution in [0.15, 0.2) is 18.2 Å². The summed E-state index contributed by atoms with van der Waals surface area (Å²) in [5.41, 5.74) is 0.00705. The third kappa shape index (κ3) is 2.26. The van der Waals surface area contributed by atoms with Gasteiger partial charge in [0, 0.05) is 13.1 Å². The van der Waals surface area contributed by atoms with Crippen molar-refractivity contribution in [3.8, 4) is 0 Å². The predicted molar refractivity (Wildman–Crippen MR) is 57.9 cm³/mol. The summed E-state index contributed by atoms with van der Waals surface area (Å²) in [7, 11) is 0. The molecule has 0 saturated carbocycles. The zero-order valence-corrected chi connectivity index (χ0v) is 9.28. The van der Waals surface area contributed by atoms with Crippen molar-refractivity contribution in [2.24, 2.45) is 0 Å². The number of rotatable bonds is 1. The maximum atomic E-state index is 12.4. The fraction of sp³-hybridized carbons (Fsp3) is 0.455. The zero-order chi connectivity index (χ0) is 11.8. The van der Waals surface area contributed by atoms with Gasteiger partial charge in [-0.15, -0.1) is 0 Å². The molecule has 2 rings (SSSR count). The highest BCUT2D eigenvalue weighted by Crippen LogP contribution is 2.35. The molecule has 1 heterocycles. The second-order valence-electron chi connectivity index (χ2n) is 3.86. The van der Waals surface area contributed by atoms with Crippen LogP contribution in [0.4, 0.5) is 18.9 Å². The summed E-state index contributed by atoms with van der Waals surface area (Å²) < 4.78 is 37.2. The van der Waals surface area contributed by atoms with Crippen molar-refractivity contribution in [1.29, 1.82) is 0 Å². The molecule has 0 radical (unpaired) electrons. The Balaban J connectivity index is 2.29. The molecule has 1 aromatic carbocycles. The first-order valence-electron chi connectivity index (χ1n) is 5.10. The highest BCUT2D eigenvalue weighted by atomic mass is 35.5. The number of benzene rings is 1. The first kappa shape index (κ1) is 11.6.